The molecule has 0 aromatic rings. The van der Waals surface area contributed by atoms with Gasteiger partial charge in [-0.05, 0) is 40.5 Å². The van der Waals surface area contributed by atoms with Crippen molar-refractivity contribution in [1.82, 2.24) is 15.1 Å². The Balaban J connectivity index is 1.83. The molecule has 2 fully saturated rings. The van der Waals surface area contributed by atoms with Crippen LogP contribution in [0.15, 0.2) is 0 Å². The van der Waals surface area contributed by atoms with Gasteiger partial charge in [0.1, 0.15) is 0 Å². The zero-order valence-electron chi connectivity index (χ0n) is 15.7. The molecule has 2 aliphatic heterocycles. The van der Waals surface area contributed by atoms with E-state index in [0.29, 0.717) is 26.1 Å². The Bertz CT molecular complexity index is 528. The molecule has 6 nitrogen and oxygen atoms in total. The molecule has 7 heteroatoms. The Morgan fingerprint density at radius 2 is 1.88 bits per heavy atom. The molecular formula is C18H30ClN3O3. The van der Waals surface area contributed by atoms with E-state index in [1.54, 1.807) is 4.90 Å². The van der Waals surface area contributed by atoms with Gasteiger partial charge < -0.3 is 15.1 Å². The number of nitrogens with zero attached hydrogens (tertiary/aromatic N) is 2. The molecule has 0 aromatic carbocycles. The Hall–Kier alpha value is -1.30. The van der Waals surface area contributed by atoms with E-state index in [1.165, 1.54) is 0 Å². The van der Waals surface area contributed by atoms with Crippen LogP contribution in [0.2, 0.25) is 0 Å². The van der Waals surface area contributed by atoms with E-state index in [0.717, 1.165) is 12.8 Å². The highest BCUT2D eigenvalue weighted by Crippen LogP contribution is 2.24. The normalized spacial score (nSPS) is 22.6. The molecule has 0 aromatic heterocycles. The highest BCUT2D eigenvalue weighted by atomic mass is 35.5. The highest BCUT2D eigenvalue weighted by Gasteiger charge is 2.38. The summed E-state index contributed by atoms with van der Waals surface area (Å²) >= 11 is 5.84. The van der Waals surface area contributed by atoms with Crippen molar-refractivity contribution in [1.29, 1.82) is 0 Å². The van der Waals surface area contributed by atoms with Gasteiger partial charge in [-0.1, -0.05) is 0 Å². The first-order chi connectivity index (χ1) is 11.7. The summed E-state index contributed by atoms with van der Waals surface area (Å²) in [4.78, 5) is 40.5. The lowest BCUT2D eigenvalue weighted by Gasteiger charge is -2.35. The first-order valence-corrected chi connectivity index (χ1v) is 9.64. The van der Waals surface area contributed by atoms with Crippen molar-refractivity contribution in [3.05, 3.63) is 0 Å². The molecule has 1 unspecified atom stereocenters. The summed E-state index contributed by atoms with van der Waals surface area (Å²) in [6.45, 7) is 9.37. The monoisotopic (exact) mass is 371 g/mol. The topological polar surface area (TPSA) is 69.7 Å². The summed E-state index contributed by atoms with van der Waals surface area (Å²) < 4.78 is 0. The van der Waals surface area contributed by atoms with Gasteiger partial charge >= 0.3 is 0 Å². The van der Waals surface area contributed by atoms with Crippen LogP contribution in [0.1, 0.15) is 47.0 Å². The van der Waals surface area contributed by atoms with E-state index < -0.39 is 5.41 Å². The van der Waals surface area contributed by atoms with Gasteiger partial charge in [0.2, 0.25) is 17.7 Å². The molecule has 1 N–H and O–H groups in total. The van der Waals surface area contributed by atoms with Gasteiger partial charge in [-0.15, -0.1) is 11.6 Å². The van der Waals surface area contributed by atoms with E-state index in [4.69, 9.17) is 11.6 Å². The third-order valence-corrected chi connectivity index (χ3v) is 5.89. The van der Waals surface area contributed by atoms with Crippen LogP contribution >= 0.6 is 11.6 Å². The highest BCUT2D eigenvalue weighted by molar-refractivity contribution is 6.19. The average Bonchev–Trinajstić information content (AvgIpc) is 2.97. The van der Waals surface area contributed by atoms with E-state index in [2.05, 4.69) is 5.32 Å². The molecule has 1 atom stereocenters. The van der Waals surface area contributed by atoms with Crippen molar-refractivity contribution in [3.63, 3.8) is 0 Å². The van der Waals surface area contributed by atoms with Crippen molar-refractivity contribution in [2.75, 3.05) is 25.5 Å². The number of piperidine rings is 1. The Morgan fingerprint density at radius 1 is 1.28 bits per heavy atom. The zero-order chi connectivity index (χ0) is 18.8. The number of halogens is 1. The van der Waals surface area contributed by atoms with Gasteiger partial charge in [-0.2, -0.15) is 0 Å². The van der Waals surface area contributed by atoms with Crippen molar-refractivity contribution < 1.29 is 14.4 Å². The second kappa shape index (κ2) is 7.94. The van der Waals surface area contributed by atoms with E-state index in [1.807, 2.05) is 32.6 Å². The molecule has 0 radical (unpaired) electrons. The molecule has 2 aliphatic rings. The van der Waals surface area contributed by atoms with Crippen molar-refractivity contribution >= 4 is 29.3 Å². The second-order valence-corrected chi connectivity index (χ2v) is 8.40. The summed E-state index contributed by atoms with van der Waals surface area (Å²) in [5.41, 5.74) is -0.584. The van der Waals surface area contributed by atoms with E-state index >= 15 is 0 Å². The molecule has 0 bridgehead atoms. The third kappa shape index (κ3) is 4.66. The fraction of sp³-hybridized carbons (Fsp3) is 0.833. The third-order valence-electron chi connectivity index (χ3n) is 5.22. The standard InChI is InChI=1S/C18H30ClN3O3/c1-12(2)22-10-13(9-15(22)23)16(24)21-7-5-14(6-8-21)20-17(25)18(3,4)11-19/h12-14H,5-11H2,1-4H3,(H,20,25). The number of hydrogen-bond donors (Lipinski definition) is 1. The fourth-order valence-corrected chi connectivity index (χ4v) is 3.46. The second-order valence-electron chi connectivity index (χ2n) is 8.13. The van der Waals surface area contributed by atoms with Crippen LogP contribution < -0.4 is 5.32 Å². The maximum absolute atomic E-state index is 12.7. The number of alkyl halides is 1. The van der Waals surface area contributed by atoms with Gasteiger partial charge in [0.25, 0.3) is 0 Å². The SMILES string of the molecule is CC(C)N1CC(C(=O)N2CCC(NC(=O)C(C)(C)CCl)CC2)CC1=O. The number of rotatable bonds is 5. The van der Waals surface area contributed by atoms with Crippen molar-refractivity contribution in [2.45, 2.75) is 59.0 Å². The smallest absolute Gasteiger partial charge is 0.227 e. The van der Waals surface area contributed by atoms with Gasteiger partial charge in [0, 0.05) is 44.0 Å². The summed E-state index contributed by atoms with van der Waals surface area (Å²) in [6, 6.07) is 0.216. The lowest BCUT2D eigenvalue weighted by Crippen LogP contribution is -2.50. The molecule has 2 rings (SSSR count). The number of amides is 3. The summed E-state index contributed by atoms with van der Waals surface area (Å²) in [5, 5.41) is 3.04. The van der Waals surface area contributed by atoms with Crippen LogP contribution in [0.4, 0.5) is 0 Å². The first kappa shape index (κ1) is 20.0. The molecule has 0 aliphatic carbocycles. The van der Waals surface area contributed by atoms with Crippen molar-refractivity contribution in [3.8, 4) is 0 Å². The molecule has 0 spiro atoms. The molecule has 2 heterocycles. The minimum atomic E-state index is -0.584. The first-order valence-electron chi connectivity index (χ1n) is 9.11. The molecule has 3 amide bonds. The molecule has 2 saturated heterocycles. The Morgan fingerprint density at radius 3 is 2.36 bits per heavy atom. The van der Waals surface area contributed by atoms with Gasteiger partial charge in [0.15, 0.2) is 0 Å². The summed E-state index contributed by atoms with van der Waals surface area (Å²) in [5.74, 6) is 0.150. The predicted molar refractivity (Wildman–Crippen MR) is 97.2 cm³/mol. The minimum absolute atomic E-state index is 0.0405. The molecular weight excluding hydrogens is 342 g/mol. The molecule has 142 valence electrons. The number of nitrogens with one attached hydrogen (secondary N) is 1. The number of likely N-dealkylation sites (tertiary alicyclic amines) is 2. The maximum atomic E-state index is 12.7. The van der Waals surface area contributed by atoms with Crippen LogP contribution in [-0.4, -0.2) is 65.1 Å². The zero-order valence-corrected chi connectivity index (χ0v) is 16.4. The Labute approximate surface area is 155 Å². The van der Waals surface area contributed by atoms with Crippen LogP contribution in [0.5, 0.6) is 0 Å². The van der Waals surface area contributed by atoms with Crippen LogP contribution in [-0.2, 0) is 14.4 Å². The molecule has 25 heavy (non-hydrogen) atoms. The number of hydrogen-bond acceptors (Lipinski definition) is 3. The quantitative estimate of drug-likeness (QED) is 0.746. The van der Waals surface area contributed by atoms with Crippen LogP contribution in [0, 0.1) is 11.3 Å². The number of carbonyl (C=O) groups is 3. The van der Waals surface area contributed by atoms with Gasteiger partial charge in [-0.25, -0.2) is 0 Å². The summed E-state index contributed by atoms with van der Waals surface area (Å²) in [7, 11) is 0. The number of carbonyl (C=O) groups excluding carboxylic acids is 3. The van der Waals surface area contributed by atoms with Crippen LogP contribution in [0.25, 0.3) is 0 Å². The van der Waals surface area contributed by atoms with Crippen molar-refractivity contribution in [2.24, 2.45) is 11.3 Å². The van der Waals surface area contributed by atoms with E-state index in [-0.39, 0.29) is 41.6 Å². The minimum Gasteiger partial charge on any atom is -0.353 e. The molecule has 0 saturated carbocycles. The maximum Gasteiger partial charge on any atom is 0.227 e. The van der Waals surface area contributed by atoms with Crippen LogP contribution in [0.3, 0.4) is 0 Å². The average molecular weight is 372 g/mol. The van der Waals surface area contributed by atoms with Gasteiger partial charge in [0.05, 0.1) is 11.3 Å². The lowest BCUT2D eigenvalue weighted by molar-refractivity contribution is -0.137. The Kier molecular flexibility index (Phi) is 6.35. The predicted octanol–water partition coefficient (Wildman–Crippen LogP) is 1.62. The lowest BCUT2D eigenvalue weighted by atomic mass is 9.93. The fourth-order valence-electron chi connectivity index (χ4n) is 3.34. The largest absolute Gasteiger partial charge is 0.353 e. The van der Waals surface area contributed by atoms with E-state index in [9.17, 15) is 14.4 Å². The summed E-state index contributed by atoms with van der Waals surface area (Å²) in [6.07, 6.45) is 1.80. The van der Waals surface area contributed by atoms with Gasteiger partial charge in [-0.3, -0.25) is 14.4 Å².